The van der Waals surface area contributed by atoms with Crippen LogP contribution in [0, 0.1) is 18.8 Å². The molecule has 3 nitrogen and oxygen atoms in total. The number of aryl methyl sites for hydroxylation is 1. The summed E-state index contributed by atoms with van der Waals surface area (Å²) in [6.07, 6.45) is 3.56. The fourth-order valence-electron chi connectivity index (χ4n) is 3.07. The molecule has 2 N–H and O–H groups in total. The number of pyridine rings is 1. The number of nitrogen functional groups attached to an aromatic ring is 1. The maximum absolute atomic E-state index is 6.06. The minimum absolute atomic E-state index is 0.126. The number of nitrogens with two attached hydrogens (primary N) is 1. The number of nitrogens with zero attached hydrogens (tertiary/aromatic N) is 2. The summed E-state index contributed by atoms with van der Waals surface area (Å²) in [5.74, 6) is 7.29. The first-order valence-electron chi connectivity index (χ1n) is 8.78. The maximum atomic E-state index is 6.06. The summed E-state index contributed by atoms with van der Waals surface area (Å²) < 4.78 is 0. The molecule has 0 unspecified atom stereocenters. The second-order valence-electron chi connectivity index (χ2n) is 6.52. The number of benzene rings is 2. The van der Waals surface area contributed by atoms with Crippen LogP contribution in [0.4, 0.5) is 5.82 Å². The molecule has 4 rings (SSSR count). The SMILES string of the molecule is Cc1ccc(C#C[C@H](C)c2nccs2)cc1-c1ccc2ccnc(N)c2c1. The lowest BCUT2D eigenvalue weighted by molar-refractivity contribution is 0.978. The van der Waals surface area contributed by atoms with Gasteiger partial charge in [-0.25, -0.2) is 9.97 Å². The molecule has 0 radical (unpaired) electrons. The van der Waals surface area contributed by atoms with Gasteiger partial charge in [0.15, 0.2) is 0 Å². The van der Waals surface area contributed by atoms with Gasteiger partial charge in [-0.05, 0) is 60.2 Å². The lowest BCUT2D eigenvalue weighted by Crippen LogP contribution is -1.92. The molecule has 2 aromatic heterocycles. The Morgan fingerprint density at radius 2 is 1.93 bits per heavy atom. The third-order valence-corrected chi connectivity index (χ3v) is 5.56. The Morgan fingerprint density at radius 1 is 1.04 bits per heavy atom. The summed E-state index contributed by atoms with van der Waals surface area (Å²) in [4.78, 5) is 8.55. The molecule has 132 valence electrons. The number of thiazole rings is 1. The topological polar surface area (TPSA) is 51.8 Å². The highest BCUT2D eigenvalue weighted by atomic mass is 32.1. The fraction of sp³-hybridized carbons (Fsp3) is 0.130. The standard InChI is InChI=1S/C23H19N3S/c1-15-3-5-17(6-4-16(2)23-26-11-12-27-23)13-20(15)19-8-7-18-9-10-25-22(24)21(18)14-19/h3,5,7-14,16H,1-2H3,(H2,24,25)/t16-/m0/s1. The molecule has 0 saturated carbocycles. The van der Waals surface area contributed by atoms with Crippen molar-refractivity contribution in [2.24, 2.45) is 0 Å². The van der Waals surface area contributed by atoms with Crippen LogP contribution in [-0.2, 0) is 0 Å². The quantitative estimate of drug-likeness (QED) is 0.481. The van der Waals surface area contributed by atoms with Crippen molar-refractivity contribution in [2.45, 2.75) is 19.8 Å². The molecule has 0 fully saturated rings. The molecule has 4 heteroatoms. The lowest BCUT2D eigenvalue weighted by atomic mass is 9.96. The predicted octanol–water partition coefficient (Wildman–Crippen LogP) is 5.40. The molecule has 0 amide bonds. The van der Waals surface area contributed by atoms with Crippen molar-refractivity contribution in [3.05, 3.63) is 76.4 Å². The Labute approximate surface area is 162 Å². The van der Waals surface area contributed by atoms with Crippen molar-refractivity contribution in [3.63, 3.8) is 0 Å². The second-order valence-corrected chi connectivity index (χ2v) is 7.45. The van der Waals surface area contributed by atoms with E-state index in [2.05, 4.69) is 72.1 Å². The van der Waals surface area contributed by atoms with Gasteiger partial charge in [-0.3, -0.25) is 0 Å². The summed E-state index contributed by atoms with van der Waals surface area (Å²) in [5.41, 5.74) is 10.5. The van der Waals surface area contributed by atoms with Crippen LogP contribution < -0.4 is 5.73 Å². The monoisotopic (exact) mass is 369 g/mol. The van der Waals surface area contributed by atoms with Gasteiger partial charge in [-0.1, -0.05) is 30.0 Å². The first kappa shape index (κ1) is 17.3. The predicted molar refractivity (Wildman–Crippen MR) is 114 cm³/mol. The highest BCUT2D eigenvalue weighted by molar-refractivity contribution is 7.09. The zero-order valence-electron chi connectivity index (χ0n) is 15.2. The molecule has 1 atom stereocenters. The number of fused-ring (bicyclic) bond motifs is 1. The van der Waals surface area contributed by atoms with Gasteiger partial charge in [0.05, 0.1) is 5.92 Å². The van der Waals surface area contributed by atoms with Crippen molar-refractivity contribution in [2.75, 3.05) is 5.73 Å². The van der Waals surface area contributed by atoms with Crippen LogP contribution in [0.2, 0.25) is 0 Å². The van der Waals surface area contributed by atoms with Gasteiger partial charge >= 0.3 is 0 Å². The number of aromatic nitrogens is 2. The molecule has 0 aliphatic carbocycles. The van der Waals surface area contributed by atoms with E-state index in [9.17, 15) is 0 Å². The van der Waals surface area contributed by atoms with E-state index >= 15 is 0 Å². The van der Waals surface area contributed by atoms with E-state index in [4.69, 9.17) is 5.73 Å². The van der Waals surface area contributed by atoms with Gasteiger partial charge in [0.1, 0.15) is 10.8 Å². The first-order valence-corrected chi connectivity index (χ1v) is 9.66. The van der Waals surface area contributed by atoms with Crippen LogP contribution in [0.5, 0.6) is 0 Å². The van der Waals surface area contributed by atoms with Crippen LogP contribution in [0.1, 0.15) is 29.0 Å². The van der Waals surface area contributed by atoms with E-state index in [0.29, 0.717) is 5.82 Å². The minimum atomic E-state index is 0.126. The normalized spacial score (nSPS) is 11.8. The molecular weight excluding hydrogens is 350 g/mol. The van der Waals surface area contributed by atoms with Crippen molar-refractivity contribution >= 4 is 27.9 Å². The Bertz CT molecular complexity index is 1170. The second kappa shape index (κ2) is 7.22. The van der Waals surface area contributed by atoms with Gasteiger partial charge in [0.25, 0.3) is 0 Å². The largest absolute Gasteiger partial charge is 0.383 e. The lowest BCUT2D eigenvalue weighted by Gasteiger charge is -2.09. The smallest absolute Gasteiger partial charge is 0.131 e. The van der Waals surface area contributed by atoms with Gasteiger partial charge in [-0.15, -0.1) is 11.3 Å². The third-order valence-electron chi connectivity index (χ3n) is 4.60. The van der Waals surface area contributed by atoms with Gasteiger partial charge in [0, 0.05) is 28.7 Å². The fourth-order valence-corrected chi connectivity index (χ4v) is 3.72. The highest BCUT2D eigenvalue weighted by Gasteiger charge is 2.07. The highest BCUT2D eigenvalue weighted by Crippen LogP contribution is 2.29. The average Bonchev–Trinajstić information content (AvgIpc) is 3.22. The molecule has 0 aliphatic heterocycles. The molecule has 2 heterocycles. The van der Waals surface area contributed by atoms with Crippen molar-refractivity contribution in [3.8, 4) is 23.0 Å². The summed E-state index contributed by atoms with van der Waals surface area (Å²) in [6, 6.07) is 14.6. The van der Waals surface area contributed by atoms with E-state index in [1.165, 1.54) is 5.56 Å². The Balaban J connectivity index is 1.72. The summed E-state index contributed by atoms with van der Waals surface area (Å²) in [5, 5.41) is 5.10. The molecule has 4 aromatic rings. The van der Waals surface area contributed by atoms with Crippen LogP contribution in [0.15, 0.2) is 60.2 Å². The van der Waals surface area contributed by atoms with E-state index in [1.807, 2.05) is 17.6 Å². The number of anilines is 1. The van der Waals surface area contributed by atoms with Crippen molar-refractivity contribution in [1.82, 2.24) is 9.97 Å². The van der Waals surface area contributed by atoms with E-state index in [-0.39, 0.29) is 5.92 Å². The first-order chi connectivity index (χ1) is 13.1. The van der Waals surface area contributed by atoms with Gasteiger partial charge in [-0.2, -0.15) is 0 Å². The number of hydrogen-bond acceptors (Lipinski definition) is 4. The zero-order valence-corrected chi connectivity index (χ0v) is 16.0. The summed E-state index contributed by atoms with van der Waals surface area (Å²) >= 11 is 1.64. The van der Waals surface area contributed by atoms with Crippen molar-refractivity contribution < 1.29 is 0 Å². The van der Waals surface area contributed by atoms with E-state index < -0.39 is 0 Å². The van der Waals surface area contributed by atoms with Gasteiger partial charge in [0.2, 0.25) is 0 Å². The number of hydrogen-bond donors (Lipinski definition) is 1. The maximum Gasteiger partial charge on any atom is 0.131 e. The van der Waals surface area contributed by atoms with Crippen LogP contribution in [0.3, 0.4) is 0 Å². The molecule has 0 bridgehead atoms. The summed E-state index contributed by atoms with van der Waals surface area (Å²) in [6.45, 7) is 4.20. The van der Waals surface area contributed by atoms with E-state index in [0.717, 1.165) is 32.5 Å². The zero-order chi connectivity index (χ0) is 18.8. The third kappa shape index (κ3) is 3.55. The molecule has 2 aromatic carbocycles. The van der Waals surface area contributed by atoms with Crippen LogP contribution in [-0.4, -0.2) is 9.97 Å². The molecule has 0 saturated heterocycles. The van der Waals surface area contributed by atoms with Gasteiger partial charge < -0.3 is 5.73 Å². The molecule has 27 heavy (non-hydrogen) atoms. The van der Waals surface area contributed by atoms with E-state index in [1.54, 1.807) is 17.5 Å². The van der Waals surface area contributed by atoms with Crippen molar-refractivity contribution in [1.29, 1.82) is 0 Å². The Hall–Kier alpha value is -3.16. The number of rotatable bonds is 2. The Morgan fingerprint density at radius 3 is 2.74 bits per heavy atom. The van der Waals surface area contributed by atoms with Crippen LogP contribution >= 0.6 is 11.3 Å². The van der Waals surface area contributed by atoms with Crippen LogP contribution in [0.25, 0.3) is 21.9 Å². The average molecular weight is 369 g/mol. The minimum Gasteiger partial charge on any atom is -0.383 e. The summed E-state index contributed by atoms with van der Waals surface area (Å²) in [7, 11) is 0. The Kier molecular flexibility index (Phi) is 4.62. The molecule has 0 aliphatic rings. The molecule has 0 spiro atoms. The molecular formula is C23H19N3S.